The van der Waals surface area contributed by atoms with Crippen molar-refractivity contribution in [3.63, 3.8) is 0 Å². The molecule has 0 radical (unpaired) electrons. The first-order valence-electron chi connectivity index (χ1n) is 11.9. The Morgan fingerprint density at radius 1 is 1.05 bits per heavy atom. The van der Waals surface area contributed by atoms with Gasteiger partial charge in [-0.05, 0) is 60.4 Å². The number of hydrogen-bond donors (Lipinski definition) is 2. The number of amides is 2. The minimum atomic E-state index is -4.00. The second-order valence-corrected chi connectivity index (χ2v) is 10.5. The number of carbonyl (C=O) groups is 2. The maximum atomic E-state index is 13.8. The van der Waals surface area contributed by atoms with Crippen LogP contribution in [-0.4, -0.2) is 63.5 Å². The summed E-state index contributed by atoms with van der Waals surface area (Å²) in [6.07, 6.45) is 5.06. The average molecular weight is 520 g/mol. The molecule has 1 fully saturated rings. The summed E-state index contributed by atoms with van der Waals surface area (Å²) in [6.45, 7) is 0.453. The summed E-state index contributed by atoms with van der Waals surface area (Å²) in [5.74, 6) is -0.385. The molecule has 0 unspecified atom stereocenters. The SMILES string of the molecule is O=C(NCCc1cc2c(-c3ccncc3)ccnc2n1S(=O)(=O)c1ccccc1)[C@@H]1CCCN1C(=O)O. The van der Waals surface area contributed by atoms with Gasteiger partial charge in [0, 0.05) is 49.2 Å². The van der Waals surface area contributed by atoms with Crippen LogP contribution in [0.2, 0.25) is 0 Å². The fraction of sp³-hybridized carbons (Fsp3) is 0.231. The second kappa shape index (κ2) is 10.0. The highest BCUT2D eigenvalue weighted by molar-refractivity contribution is 7.90. The van der Waals surface area contributed by atoms with E-state index in [1.165, 1.54) is 16.1 Å². The lowest BCUT2D eigenvalue weighted by Crippen LogP contribution is -2.45. The quantitative estimate of drug-likeness (QED) is 0.383. The van der Waals surface area contributed by atoms with Gasteiger partial charge in [0.1, 0.15) is 6.04 Å². The lowest BCUT2D eigenvalue weighted by molar-refractivity contribution is -0.124. The van der Waals surface area contributed by atoms with E-state index in [-0.39, 0.29) is 29.4 Å². The lowest BCUT2D eigenvalue weighted by Gasteiger charge is -2.20. The number of nitrogens with zero attached hydrogens (tertiary/aromatic N) is 4. The number of pyridine rings is 2. The van der Waals surface area contributed by atoms with Crippen molar-refractivity contribution in [2.24, 2.45) is 0 Å². The van der Waals surface area contributed by atoms with Crippen LogP contribution >= 0.6 is 0 Å². The Hall–Kier alpha value is -4.25. The predicted molar refractivity (Wildman–Crippen MR) is 136 cm³/mol. The normalized spacial score (nSPS) is 15.7. The first-order valence-corrected chi connectivity index (χ1v) is 13.3. The zero-order valence-corrected chi connectivity index (χ0v) is 20.6. The van der Waals surface area contributed by atoms with Gasteiger partial charge >= 0.3 is 6.09 Å². The first-order chi connectivity index (χ1) is 17.9. The summed E-state index contributed by atoms with van der Waals surface area (Å²) in [4.78, 5) is 33.9. The molecule has 1 aliphatic heterocycles. The topological polar surface area (TPSA) is 134 Å². The highest BCUT2D eigenvalue weighted by atomic mass is 32.2. The third kappa shape index (κ3) is 4.65. The molecule has 4 heterocycles. The van der Waals surface area contributed by atoms with E-state index in [9.17, 15) is 23.1 Å². The highest BCUT2D eigenvalue weighted by Gasteiger charge is 2.34. The van der Waals surface area contributed by atoms with Crippen molar-refractivity contribution in [3.05, 3.63) is 78.9 Å². The summed E-state index contributed by atoms with van der Waals surface area (Å²) >= 11 is 0. The molecule has 0 saturated carbocycles. The Morgan fingerprint density at radius 2 is 1.81 bits per heavy atom. The van der Waals surface area contributed by atoms with Gasteiger partial charge in [-0.2, -0.15) is 0 Å². The molecule has 11 heteroatoms. The second-order valence-electron chi connectivity index (χ2n) is 8.72. The minimum Gasteiger partial charge on any atom is -0.465 e. The number of carboxylic acid groups (broad SMARTS) is 1. The Morgan fingerprint density at radius 3 is 2.54 bits per heavy atom. The van der Waals surface area contributed by atoms with E-state index < -0.39 is 22.2 Å². The van der Waals surface area contributed by atoms with Crippen LogP contribution in [0, 0.1) is 0 Å². The van der Waals surface area contributed by atoms with E-state index in [0.29, 0.717) is 30.5 Å². The summed E-state index contributed by atoms with van der Waals surface area (Å²) in [6, 6.07) is 14.7. The van der Waals surface area contributed by atoms with Gasteiger partial charge in [-0.25, -0.2) is 22.2 Å². The summed E-state index contributed by atoms with van der Waals surface area (Å²) in [7, 11) is -4.00. The number of rotatable bonds is 7. The predicted octanol–water partition coefficient (Wildman–Crippen LogP) is 3.14. The molecule has 1 aromatic carbocycles. The van der Waals surface area contributed by atoms with E-state index in [1.807, 2.05) is 18.2 Å². The van der Waals surface area contributed by atoms with Gasteiger partial charge in [-0.1, -0.05) is 18.2 Å². The molecule has 0 aliphatic carbocycles. The average Bonchev–Trinajstić information content (AvgIpc) is 3.55. The molecular formula is C26H25N5O5S. The number of nitrogens with one attached hydrogen (secondary N) is 1. The van der Waals surface area contributed by atoms with Gasteiger partial charge in [-0.3, -0.25) is 14.7 Å². The molecular weight excluding hydrogens is 494 g/mol. The van der Waals surface area contributed by atoms with Crippen molar-refractivity contribution >= 4 is 33.1 Å². The summed E-state index contributed by atoms with van der Waals surface area (Å²) in [5.41, 5.74) is 2.41. The Bertz CT molecular complexity index is 1550. The fourth-order valence-electron chi connectivity index (χ4n) is 4.75. The van der Waals surface area contributed by atoms with Crippen molar-refractivity contribution in [2.75, 3.05) is 13.1 Å². The Labute approximate surface area is 213 Å². The third-order valence-electron chi connectivity index (χ3n) is 6.49. The maximum Gasteiger partial charge on any atom is 0.407 e. The lowest BCUT2D eigenvalue weighted by atomic mass is 10.1. The number of fused-ring (bicyclic) bond motifs is 1. The van der Waals surface area contributed by atoms with Crippen LogP contribution in [0.25, 0.3) is 22.2 Å². The van der Waals surface area contributed by atoms with E-state index in [2.05, 4.69) is 15.3 Å². The minimum absolute atomic E-state index is 0.122. The molecule has 10 nitrogen and oxygen atoms in total. The van der Waals surface area contributed by atoms with Crippen LogP contribution in [0.4, 0.5) is 4.79 Å². The van der Waals surface area contributed by atoms with Crippen LogP contribution in [0.1, 0.15) is 18.5 Å². The van der Waals surface area contributed by atoms with Crippen LogP contribution < -0.4 is 5.32 Å². The molecule has 5 rings (SSSR count). The van der Waals surface area contributed by atoms with Crippen LogP contribution in [0.3, 0.4) is 0 Å². The number of likely N-dealkylation sites (tertiary alicyclic amines) is 1. The molecule has 1 saturated heterocycles. The number of hydrogen-bond acceptors (Lipinski definition) is 6. The van der Waals surface area contributed by atoms with Gasteiger partial charge < -0.3 is 10.4 Å². The molecule has 0 spiro atoms. The van der Waals surface area contributed by atoms with Crippen LogP contribution in [-0.2, 0) is 21.2 Å². The van der Waals surface area contributed by atoms with Crippen molar-refractivity contribution in [3.8, 4) is 11.1 Å². The van der Waals surface area contributed by atoms with Gasteiger partial charge in [0.25, 0.3) is 10.0 Å². The largest absolute Gasteiger partial charge is 0.465 e. The van der Waals surface area contributed by atoms with Gasteiger partial charge in [-0.15, -0.1) is 0 Å². The van der Waals surface area contributed by atoms with E-state index in [1.54, 1.807) is 42.9 Å². The van der Waals surface area contributed by atoms with Crippen molar-refractivity contribution < 1.29 is 23.1 Å². The van der Waals surface area contributed by atoms with Gasteiger partial charge in [0.05, 0.1) is 4.90 Å². The van der Waals surface area contributed by atoms with E-state index in [0.717, 1.165) is 16.0 Å². The zero-order chi connectivity index (χ0) is 26.0. The van der Waals surface area contributed by atoms with Crippen LogP contribution in [0.15, 0.2) is 78.1 Å². The molecule has 2 N–H and O–H groups in total. The highest BCUT2D eigenvalue weighted by Crippen LogP contribution is 2.32. The van der Waals surface area contributed by atoms with Crippen LogP contribution in [0.5, 0.6) is 0 Å². The summed E-state index contributed by atoms with van der Waals surface area (Å²) in [5, 5.41) is 12.8. The molecule has 1 aliphatic rings. The maximum absolute atomic E-state index is 13.8. The third-order valence-corrected chi connectivity index (χ3v) is 8.24. The molecule has 3 aromatic heterocycles. The molecule has 4 aromatic rings. The zero-order valence-electron chi connectivity index (χ0n) is 19.8. The molecule has 190 valence electrons. The molecule has 37 heavy (non-hydrogen) atoms. The Kier molecular flexibility index (Phi) is 6.62. The number of carbonyl (C=O) groups excluding carboxylic acids is 1. The van der Waals surface area contributed by atoms with E-state index in [4.69, 9.17) is 0 Å². The monoisotopic (exact) mass is 519 g/mol. The number of benzene rings is 1. The first kappa shape index (κ1) is 24.4. The van der Waals surface area contributed by atoms with Gasteiger partial charge in [0.2, 0.25) is 5.91 Å². The smallest absolute Gasteiger partial charge is 0.407 e. The Balaban J connectivity index is 1.52. The van der Waals surface area contributed by atoms with Crippen molar-refractivity contribution in [1.82, 2.24) is 24.2 Å². The van der Waals surface area contributed by atoms with Crippen molar-refractivity contribution in [2.45, 2.75) is 30.2 Å². The fourth-order valence-corrected chi connectivity index (χ4v) is 6.29. The standard InChI is InChI=1S/C26H25N5O5S/c32-25(23-7-4-16-30(23)26(33)34)29-14-10-19-17-22-21(18-8-12-27-13-9-18)11-15-28-24(22)31(19)37(35,36)20-5-2-1-3-6-20/h1-3,5-6,8-9,11-13,15,17,23H,4,7,10,14,16H2,(H,29,32)(H,33,34)/t23-/m0/s1. The van der Waals surface area contributed by atoms with Crippen molar-refractivity contribution in [1.29, 1.82) is 0 Å². The molecule has 1 atom stereocenters. The van der Waals surface area contributed by atoms with E-state index >= 15 is 0 Å². The number of aromatic nitrogens is 3. The van der Waals surface area contributed by atoms with Gasteiger partial charge in [0.15, 0.2) is 5.65 Å². The molecule has 0 bridgehead atoms. The molecule has 2 amide bonds. The summed E-state index contributed by atoms with van der Waals surface area (Å²) < 4.78 is 28.7.